The number of aromatic nitrogens is 1. The number of ether oxygens (including phenoxy) is 3. The molecule has 2 aromatic rings. The van der Waals surface area contributed by atoms with Crippen LogP contribution in [-0.4, -0.2) is 142 Å². The van der Waals surface area contributed by atoms with Gasteiger partial charge in [0.2, 0.25) is 17.7 Å². The molecule has 1 aliphatic rings. The molecule has 2 heterocycles. The second kappa shape index (κ2) is 29.8. The molecular weight excluding hydrogens is 791 g/mol. The Balaban J connectivity index is 0.000000596. The first-order valence-corrected chi connectivity index (χ1v) is 22.0. The van der Waals surface area contributed by atoms with Gasteiger partial charge in [-0.25, -0.2) is 9.78 Å². The van der Waals surface area contributed by atoms with Crippen molar-refractivity contribution in [3.05, 3.63) is 59.8 Å². The minimum absolute atomic E-state index is 0.0281. The van der Waals surface area contributed by atoms with Crippen molar-refractivity contribution in [3.8, 4) is 0 Å². The number of rotatable bonds is 22. The second-order valence-corrected chi connectivity index (χ2v) is 16.6. The van der Waals surface area contributed by atoms with Crippen LogP contribution in [0.1, 0.15) is 91.7 Å². The van der Waals surface area contributed by atoms with Crippen LogP contribution in [0.25, 0.3) is 0 Å². The van der Waals surface area contributed by atoms with Crippen molar-refractivity contribution in [3.63, 3.8) is 0 Å². The molecule has 3 rings (SSSR count). The van der Waals surface area contributed by atoms with E-state index in [0.29, 0.717) is 18.8 Å². The molecule has 0 bridgehead atoms. The Morgan fingerprint density at radius 2 is 1.61 bits per heavy atom. The molecule has 0 spiro atoms. The number of nitrogens with zero attached hydrogens (tertiary/aromatic N) is 4. The van der Waals surface area contributed by atoms with E-state index >= 15 is 0 Å². The molecule has 1 fully saturated rings. The van der Waals surface area contributed by atoms with E-state index < -0.39 is 24.2 Å². The number of likely N-dealkylation sites (tertiary alicyclic amines) is 1. The summed E-state index contributed by atoms with van der Waals surface area (Å²) in [6.45, 7) is 15.5. The number of methoxy groups -OCH3 is 3. The Kier molecular flexibility index (Phi) is 26.7. The average molecular weight is 870 g/mol. The number of amides is 3. The van der Waals surface area contributed by atoms with Gasteiger partial charge in [0.25, 0.3) is 0 Å². The van der Waals surface area contributed by atoms with Gasteiger partial charge in [-0.15, -0.1) is 0 Å². The van der Waals surface area contributed by atoms with Gasteiger partial charge < -0.3 is 45.2 Å². The van der Waals surface area contributed by atoms with E-state index in [2.05, 4.69) is 41.4 Å². The van der Waals surface area contributed by atoms with Gasteiger partial charge in [0.05, 0.1) is 43.9 Å². The molecule has 1 saturated heterocycles. The topological polar surface area (TPSA) is 186 Å². The first-order valence-electron chi connectivity index (χ1n) is 22.0. The van der Waals surface area contributed by atoms with Crippen LogP contribution >= 0.6 is 0 Å². The molecule has 3 amide bonds. The summed E-state index contributed by atoms with van der Waals surface area (Å²) in [6, 6.07) is 12.0. The van der Waals surface area contributed by atoms with Gasteiger partial charge in [-0.1, -0.05) is 91.6 Å². The average Bonchev–Trinajstić information content (AvgIpc) is 3.67. The van der Waals surface area contributed by atoms with Gasteiger partial charge in [0.1, 0.15) is 18.1 Å². The van der Waals surface area contributed by atoms with Crippen LogP contribution < -0.4 is 16.4 Å². The summed E-state index contributed by atoms with van der Waals surface area (Å²) in [6.07, 6.45) is 6.63. The van der Waals surface area contributed by atoms with Crippen molar-refractivity contribution in [1.29, 1.82) is 0 Å². The molecule has 0 radical (unpaired) electrons. The lowest BCUT2D eigenvalue weighted by atomic mass is 9.91. The lowest BCUT2D eigenvalue weighted by Gasteiger charge is -2.37. The van der Waals surface area contributed by atoms with Crippen LogP contribution in [0.2, 0.25) is 0 Å². The quantitative estimate of drug-likeness (QED) is 0.109. The summed E-state index contributed by atoms with van der Waals surface area (Å²) in [5.74, 6) is -0.860. The minimum atomic E-state index is -0.712. The lowest BCUT2D eigenvalue weighted by molar-refractivity contribution is -0.146. The zero-order valence-electron chi connectivity index (χ0n) is 39.9. The molecule has 15 heteroatoms. The Labute approximate surface area is 372 Å². The molecule has 350 valence electrons. The molecule has 4 N–H and O–H groups in total. The van der Waals surface area contributed by atoms with Crippen LogP contribution in [0.15, 0.2) is 48.7 Å². The first kappa shape index (κ1) is 55.6. The predicted molar refractivity (Wildman–Crippen MR) is 245 cm³/mol. The van der Waals surface area contributed by atoms with Crippen LogP contribution in [0.3, 0.4) is 0 Å². The van der Waals surface area contributed by atoms with Crippen molar-refractivity contribution >= 4 is 35.8 Å². The molecule has 15 nitrogen and oxygen atoms in total. The normalized spacial score (nSPS) is 17.1. The number of likely N-dealkylation sites (N-methyl/N-ethyl adjacent to an activating group) is 3. The fourth-order valence-electron chi connectivity index (χ4n) is 7.94. The number of nitrogen functional groups attached to an aromatic ring is 1. The van der Waals surface area contributed by atoms with Gasteiger partial charge in [-0.05, 0) is 68.6 Å². The van der Waals surface area contributed by atoms with E-state index in [0.717, 1.165) is 43.2 Å². The number of nitrogens with two attached hydrogens (primary N) is 1. The number of esters is 1. The van der Waals surface area contributed by atoms with E-state index in [-0.39, 0.29) is 66.6 Å². The van der Waals surface area contributed by atoms with E-state index in [1.54, 1.807) is 38.4 Å². The molecule has 0 aliphatic carbocycles. The van der Waals surface area contributed by atoms with Crippen molar-refractivity contribution < 1.29 is 38.2 Å². The third kappa shape index (κ3) is 18.1. The third-order valence-electron chi connectivity index (χ3n) is 11.4. The Hall–Kier alpha value is -4.44. The van der Waals surface area contributed by atoms with Crippen molar-refractivity contribution in [2.75, 3.05) is 61.3 Å². The van der Waals surface area contributed by atoms with Gasteiger partial charge >= 0.3 is 5.97 Å². The van der Waals surface area contributed by atoms with Crippen molar-refractivity contribution in [2.45, 2.75) is 130 Å². The molecule has 62 heavy (non-hydrogen) atoms. The number of nitrogens with one attached hydrogen (secondary N) is 2. The van der Waals surface area contributed by atoms with E-state index in [9.17, 15) is 24.0 Å². The van der Waals surface area contributed by atoms with E-state index in [1.807, 2.05) is 83.0 Å². The second-order valence-electron chi connectivity index (χ2n) is 16.6. The molecule has 1 aromatic heterocycles. The lowest BCUT2D eigenvalue weighted by Crippen LogP contribution is -2.54. The number of pyridine rings is 1. The molecular formula is C47H79N7O8. The third-order valence-corrected chi connectivity index (χ3v) is 11.4. The maximum Gasteiger partial charge on any atom is 0.328 e. The number of aldehydes is 1. The fraction of sp³-hybridized carbons (Fsp3) is 0.660. The number of carbonyl (C=O) groups excluding carboxylic acids is 5. The van der Waals surface area contributed by atoms with Gasteiger partial charge in [0, 0.05) is 52.9 Å². The molecule has 1 aromatic carbocycles. The summed E-state index contributed by atoms with van der Waals surface area (Å²) in [7, 11) is 10.1. The maximum atomic E-state index is 13.0. The van der Waals surface area contributed by atoms with E-state index in [1.165, 1.54) is 13.5 Å². The van der Waals surface area contributed by atoms with Crippen molar-refractivity contribution in [1.82, 2.24) is 30.3 Å². The highest BCUT2D eigenvalue weighted by atomic mass is 16.5. The molecule has 1 aliphatic heterocycles. The SMILES string of the molecule is CCC.CCC(C)C(C(CC=O)OC)N(C)C(=O)CNC(=O)C(C(C)C)N(C)Cc1ccnc(N)c1.COC(=O)C(Cc1ccccc1)NC(=O)C(C)C(OC)C1CCCN1C. The number of hydrogen-bond donors (Lipinski definition) is 3. The Morgan fingerprint density at radius 3 is 2.11 bits per heavy atom. The summed E-state index contributed by atoms with van der Waals surface area (Å²) >= 11 is 0. The van der Waals surface area contributed by atoms with E-state index in [4.69, 9.17) is 19.9 Å². The summed E-state index contributed by atoms with van der Waals surface area (Å²) < 4.78 is 16.0. The first-order chi connectivity index (χ1) is 29.5. The van der Waals surface area contributed by atoms with Crippen LogP contribution in [0.4, 0.5) is 5.82 Å². The Bertz CT molecular complexity index is 1620. The highest BCUT2D eigenvalue weighted by molar-refractivity contribution is 5.88. The standard InChI is InChI=1S/C24H41N5O4.C20H30N2O4.C3H8/c1-8-17(4)23(19(33-7)10-12-30)29(6)21(31)14-27-24(32)22(16(2)3)28(5)15-18-9-11-26-20(25)13-18;1-14(18(25-3)17-11-8-12-22(17)2)19(23)21-16(20(24)26-4)13-15-9-6-5-7-10-15;1-3-2/h9,11-13,16-17,19,22-23H,8,10,14-15H2,1-7H3,(H2,25,26)(H,27,32);5-7,9-10,14,16-18H,8,11-13H2,1-4H3,(H,21,23);3H2,1-2H3. The summed E-state index contributed by atoms with van der Waals surface area (Å²) in [4.78, 5) is 71.8. The smallest absolute Gasteiger partial charge is 0.328 e. The number of hydrogen-bond acceptors (Lipinski definition) is 12. The highest BCUT2D eigenvalue weighted by Gasteiger charge is 2.37. The van der Waals surface area contributed by atoms with Crippen LogP contribution in [0, 0.1) is 17.8 Å². The summed E-state index contributed by atoms with van der Waals surface area (Å²) in [5.41, 5.74) is 7.69. The molecule has 8 unspecified atom stereocenters. The minimum Gasteiger partial charge on any atom is -0.467 e. The number of benzene rings is 1. The van der Waals surface area contributed by atoms with Crippen LogP contribution in [0.5, 0.6) is 0 Å². The molecule has 8 atom stereocenters. The molecule has 0 saturated carbocycles. The van der Waals surface area contributed by atoms with Crippen molar-refractivity contribution in [2.24, 2.45) is 17.8 Å². The van der Waals surface area contributed by atoms with Gasteiger partial charge in [-0.3, -0.25) is 19.3 Å². The largest absolute Gasteiger partial charge is 0.467 e. The zero-order chi connectivity index (χ0) is 46.9. The Morgan fingerprint density at radius 1 is 0.968 bits per heavy atom. The van der Waals surface area contributed by atoms with Gasteiger partial charge in [0.15, 0.2) is 0 Å². The van der Waals surface area contributed by atoms with Crippen LogP contribution in [-0.2, 0) is 51.1 Å². The maximum absolute atomic E-state index is 13.0. The highest BCUT2D eigenvalue weighted by Crippen LogP contribution is 2.25. The summed E-state index contributed by atoms with van der Waals surface area (Å²) in [5, 5.41) is 5.66. The fourth-order valence-corrected chi connectivity index (χ4v) is 7.94. The van der Waals surface area contributed by atoms with Gasteiger partial charge in [-0.2, -0.15) is 0 Å². The monoisotopic (exact) mass is 870 g/mol. The number of anilines is 1. The zero-order valence-corrected chi connectivity index (χ0v) is 39.9. The number of carbonyl (C=O) groups is 5. The predicted octanol–water partition coefficient (Wildman–Crippen LogP) is 4.76.